The molecule has 6 aliphatic rings. The highest BCUT2D eigenvalue weighted by molar-refractivity contribution is 5.95. The van der Waals surface area contributed by atoms with E-state index in [1.165, 1.54) is 5.57 Å². The zero-order chi connectivity index (χ0) is 24.7. The lowest BCUT2D eigenvalue weighted by molar-refractivity contribution is -0.203. The van der Waals surface area contributed by atoms with Crippen molar-refractivity contribution < 1.29 is 19.4 Å². The van der Waals surface area contributed by atoms with Crippen LogP contribution in [0.4, 0.5) is 0 Å². The molecule has 5 fully saturated rings. The van der Waals surface area contributed by atoms with E-state index in [4.69, 9.17) is 4.74 Å². The quantitative estimate of drug-likeness (QED) is 0.452. The third-order valence-corrected chi connectivity index (χ3v) is 13.3. The molecule has 0 aromatic rings. The van der Waals surface area contributed by atoms with Gasteiger partial charge in [-0.15, -0.1) is 0 Å². The molecule has 0 radical (unpaired) electrons. The van der Waals surface area contributed by atoms with Crippen LogP contribution in [-0.2, 0) is 14.3 Å². The van der Waals surface area contributed by atoms with Crippen LogP contribution in [0.15, 0.2) is 11.6 Å². The number of esters is 1. The van der Waals surface area contributed by atoms with Gasteiger partial charge in [-0.3, -0.25) is 9.59 Å². The molecule has 4 saturated carbocycles. The summed E-state index contributed by atoms with van der Waals surface area (Å²) in [6.07, 6.45) is 9.33. The van der Waals surface area contributed by atoms with Crippen molar-refractivity contribution in [2.24, 2.45) is 50.2 Å². The summed E-state index contributed by atoms with van der Waals surface area (Å²) in [6, 6.07) is 0. The Balaban J connectivity index is 1.48. The van der Waals surface area contributed by atoms with Crippen LogP contribution >= 0.6 is 0 Å². The van der Waals surface area contributed by atoms with Gasteiger partial charge in [-0.05, 0) is 91.4 Å². The Morgan fingerprint density at radius 3 is 2.29 bits per heavy atom. The largest absolute Gasteiger partial charge is 0.461 e. The van der Waals surface area contributed by atoms with E-state index in [0.717, 1.165) is 51.4 Å². The lowest BCUT2D eigenvalue weighted by Gasteiger charge is -2.70. The highest BCUT2D eigenvalue weighted by Gasteiger charge is 2.72. The summed E-state index contributed by atoms with van der Waals surface area (Å²) < 4.78 is 5.98. The minimum absolute atomic E-state index is 0.00240. The minimum atomic E-state index is -0.415. The summed E-state index contributed by atoms with van der Waals surface area (Å²) in [6.45, 7) is 16.1. The highest BCUT2D eigenvalue weighted by Crippen LogP contribution is 2.75. The lowest BCUT2D eigenvalue weighted by Crippen LogP contribution is -2.67. The van der Waals surface area contributed by atoms with Crippen molar-refractivity contribution in [1.82, 2.24) is 0 Å². The summed E-state index contributed by atoms with van der Waals surface area (Å²) in [5, 5.41) is 10.9. The second-order valence-corrected chi connectivity index (χ2v) is 15.1. The molecule has 6 rings (SSSR count). The maximum Gasteiger partial charge on any atom is 0.312 e. The van der Waals surface area contributed by atoms with Crippen molar-refractivity contribution in [2.45, 2.75) is 112 Å². The first-order valence-electron chi connectivity index (χ1n) is 13.8. The second kappa shape index (κ2) is 6.39. The molecule has 4 heteroatoms. The van der Waals surface area contributed by atoms with Crippen LogP contribution in [0, 0.1) is 50.2 Å². The van der Waals surface area contributed by atoms with Crippen LogP contribution in [0.5, 0.6) is 0 Å². The third-order valence-electron chi connectivity index (χ3n) is 13.3. The third kappa shape index (κ3) is 2.41. The first-order valence-corrected chi connectivity index (χ1v) is 13.8. The zero-order valence-electron chi connectivity index (χ0n) is 22.3. The molecule has 1 aliphatic heterocycles. The first-order chi connectivity index (χ1) is 15.6. The highest BCUT2D eigenvalue weighted by atomic mass is 16.6. The SMILES string of the molecule is CC1(C)[C@H]2CC[C@@]3(C)[C@@H](C(=O)C=C4[C@H]5C[C@@]6(C)C[C@H](OC6=O)[C@]5(C)CC[C@]43C)[C@@]2(C)CC[C@@H]1O. The maximum absolute atomic E-state index is 14.2. The molecule has 0 aromatic heterocycles. The fourth-order valence-electron chi connectivity index (χ4n) is 10.9. The number of ketones is 1. The molecular weight excluding hydrogens is 424 g/mol. The van der Waals surface area contributed by atoms with Crippen molar-refractivity contribution in [1.29, 1.82) is 0 Å². The van der Waals surface area contributed by atoms with Crippen LogP contribution in [0.2, 0.25) is 0 Å². The van der Waals surface area contributed by atoms with Gasteiger partial charge in [0.1, 0.15) is 6.10 Å². The molecule has 34 heavy (non-hydrogen) atoms. The Hall–Kier alpha value is -1.16. The summed E-state index contributed by atoms with van der Waals surface area (Å²) in [7, 11) is 0. The molecule has 0 spiro atoms. The van der Waals surface area contributed by atoms with Gasteiger partial charge in [0.15, 0.2) is 5.78 Å². The standard InChI is InChI=1S/C30H44O4/c1-25(2)20-8-11-30(7)23(28(20,5)10-9-21(25)32)19(31)14-17-18-15-26(3)16-22(34-24(26)33)27(18,4)12-13-29(17,30)6/h14,18,20-23,32H,8-13,15-16H2,1-7H3/t18-,20-,21+,22+,23+,26+,27-,28+,29-,30+/m1/s1. The van der Waals surface area contributed by atoms with E-state index >= 15 is 0 Å². The monoisotopic (exact) mass is 468 g/mol. The minimum Gasteiger partial charge on any atom is -0.461 e. The normalized spacial score (nSPS) is 57.5. The van der Waals surface area contributed by atoms with Gasteiger partial charge in [0.2, 0.25) is 0 Å². The van der Waals surface area contributed by atoms with E-state index in [0.29, 0.717) is 11.7 Å². The average Bonchev–Trinajstić information content (AvgIpc) is 3.00. The lowest BCUT2D eigenvalue weighted by atomic mass is 9.33. The molecule has 0 unspecified atom stereocenters. The number of hydrogen-bond acceptors (Lipinski definition) is 4. The smallest absolute Gasteiger partial charge is 0.312 e. The summed E-state index contributed by atoms with van der Waals surface area (Å²) in [5.74, 6) is 0.871. The van der Waals surface area contributed by atoms with Crippen molar-refractivity contribution in [3.8, 4) is 0 Å². The number of fused-ring (bicyclic) bond motifs is 10. The number of aliphatic hydroxyl groups excluding tert-OH is 1. The Bertz CT molecular complexity index is 1010. The van der Waals surface area contributed by atoms with Crippen LogP contribution < -0.4 is 0 Å². The summed E-state index contributed by atoms with van der Waals surface area (Å²) in [5.41, 5.74) is 0.452. The molecule has 5 aliphatic carbocycles. The molecule has 0 aromatic carbocycles. The molecule has 0 amide bonds. The topological polar surface area (TPSA) is 63.6 Å². The van der Waals surface area contributed by atoms with E-state index in [1.807, 2.05) is 0 Å². The average molecular weight is 469 g/mol. The second-order valence-electron chi connectivity index (χ2n) is 15.1. The summed E-state index contributed by atoms with van der Waals surface area (Å²) >= 11 is 0. The molecule has 1 heterocycles. The van der Waals surface area contributed by atoms with Gasteiger partial charge in [-0.1, -0.05) is 47.1 Å². The van der Waals surface area contributed by atoms with Gasteiger partial charge >= 0.3 is 5.97 Å². The van der Waals surface area contributed by atoms with Gasteiger partial charge in [-0.2, -0.15) is 0 Å². The predicted molar refractivity (Wildman–Crippen MR) is 131 cm³/mol. The van der Waals surface area contributed by atoms with Crippen LogP contribution in [0.25, 0.3) is 0 Å². The van der Waals surface area contributed by atoms with Gasteiger partial charge in [0, 0.05) is 17.8 Å². The number of ether oxygens (including phenoxy) is 1. The molecule has 10 atom stereocenters. The first kappa shape index (κ1) is 23.3. The number of aliphatic hydroxyl groups is 1. The van der Waals surface area contributed by atoms with Gasteiger partial charge < -0.3 is 9.84 Å². The van der Waals surface area contributed by atoms with Crippen molar-refractivity contribution in [2.75, 3.05) is 0 Å². The van der Waals surface area contributed by atoms with Crippen molar-refractivity contribution in [3.05, 3.63) is 11.6 Å². The maximum atomic E-state index is 14.2. The molecule has 1 saturated heterocycles. The predicted octanol–water partition coefficient (Wildman–Crippen LogP) is 5.86. The Morgan fingerprint density at radius 2 is 1.59 bits per heavy atom. The van der Waals surface area contributed by atoms with E-state index < -0.39 is 5.41 Å². The van der Waals surface area contributed by atoms with E-state index in [-0.39, 0.29) is 57.1 Å². The molecule has 4 nitrogen and oxygen atoms in total. The fraction of sp³-hybridized carbons (Fsp3) is 0.867. The van der Waals surface area contributed by atoms with Gasteiger partial charge in [-0.25, -0.2) is 0 Å². The fourth-order valence-corrected chi connectivity index (χ4v) is 10.9. The Labute approximate surface area is 205 Å². The summed E-state index contributed by atoms with van der Waals surface area (Å²) in [4.78, 5) is 27.1. The van der Waals surface area contributed by atoms with E-state index in [1.54, 1.807) is 0 Å². The number of rotatable bonds is 0. The van der Waals surface area contributed by atoms with Crippen LogP contribution in [-0.4, -0.2) is 29.1 Å². The van der Waals surface area contributed by atoms with Crippen molar-refractivity contribution in [3.63, 3.8) is 0 Å². The molecule has 1 N–H and O–H groups in total. The Morgan fingerprint density at radius 1 is 0.882 bits per heavy atom. The Kier molecular flexibility index (Phi) is 4.37. The van der Waals surface area contributed by atoms with Gasteiger partial charge in [0.05, 0.1) is 11.5 Å². The number of allylic oxidation sites excluding steroid dienone is 2. The number of carbonyl (C=O) groups excluding carboxylic acids is 2. The van der Waals surface area contributed by atoms with Crippen LogP contribution in [0.3, 0.4) is 0 Å². The molecule has 188 valence electrons. The molecule has 2 bridgehead atoms. The molecular formula is C30H44O4. The number of hydrogen-bond donors (Lipinski definition) is 1. The van der Waals surface area contributed by atoms with E-state index in [2.05, 4.69) is 54.5 Å². The van der Waals surface area contributed by atoms with Crippen molar-refractivity contribution >= 4 is 11.8 Å². The van der Waals surface area contributed by atoms with E-state index in [9.17, 15) is 14.7 Å². The van der Waals surface area contributed by atoms with Crippen LogP contribution in [0.1, 0.15) is 99.8 Å². The van der Waals surface area contributed by atoms with Gasteiger partial charge in [0.25, 0.3) is 0 Å². The number of carbonyl (C=O) groups is 2. The zero-order valence-corrected chi connectivity index (χ0v) is 22.3.